The zero-order valence-corrected chi connectivity index (χ0v) is 12.7. The number of nitrogens with two attached hydrogens (primary N) is 1. The van der Waals surface area contributed by atoms with Crippen LogP contribution in [-0.4, -0.2) is 18.6 Å². The quantitative estimate of drug-likeness (QED) is 0.754. The van der Waals surface area contributed by atoms with Gasteiger partial charge in [0.1, 0.15) is 4.90 Å². The van der Waals surface area contributed by atoms with Crippen LogP contribution in [0.25, 0.3) is 0 Å². The molecule has 0 radical (unpaired) electrons. The van der Waals surface area contributed by atoms with Crippen molar-refractivity contribution < 1.29 is 8.42 Å². The number of hydrogen-bond acceptors (Lipinski definition) is 4. The van der Waals surface area contributed by atoms with E-state index in [0.29, 0.717) is 28.3 Å². The molecule has 0 atom stereocenters. The molecule has 20 heavy (non-hydrogen) atoms. The largest absolute Gasteiger partial charge is 0.398 e. The van der Waals surface area contributed by atoms with E-state index < -0.39 is 10.0 Å². The number of aryl methyl sites for hydroxylation is 3. The van der Waals surface area contributed by atoms with Crippen molar-refractivity contribution in [1.82, 2.24) is 10.2 Å². The Labute approximate surface area is 118 Å². The summed E-state index contributed by atoms with van der Waals surface area (Å²) in [5, 5.41) is 6.59. The summed E-state index contributed by atoms with van der Waals surface area (Å²) in [7, 11) is -3.69. The van der Waals surface area contributed by atoms with Crippen molar-refractivity contribution in [2.75, 3.05) is 10.5 Å². The highest BCUT2D eigenvalue weighted by molar-refractivity contribution is 7.92. The zero-order chi connectivity index (χ0) is 15.1. The van der Waals surface area contributed by atoms with Gasteiger partial charge >= 0.3 is 0 Å². The minimum absolute atomic E-state index is 0.179. The molecule has 0 fully saturated rings. The summed E-state index contributed by atoms with van der Waals surface area (Å²) in [4.78, 5) is 0.179. The molecule has 0 bridgehead atoms. The maximum atomic E-state index is 12.5. The number of anilines is 2. The van der Waals surface area contributed by atoms with E-state index >= 15 is 0 Å². The third-order valence-electron chi connectivity index (χ3n) is 3.28. The summed E-state index contributed by atoms with van der Waals surface area (Å²) >= 11 is 0. The minimum atomic E-state index is -3.69. The fourth-order valence-corrected chi connectivity index (χ4v) is 3.71. The van der Waals surface area contributed by atoms with Crippen LogP contribution >= 0.6 is 0 Å². The number of benzene rings is 1. The predicted molar refractivity (Wildman–Crippen MR) is 79.2 cm³/mol. The number of hydrogen-bond donors (Lipinski definition) is 3. The normalized spacial score (nSPS) is 11.6. The van der Waals surface area contributed by atoms with Crippen LogP contribution in [0.5, 0.6) is 0 Å². The number of nitrogens with one attached hydrogen (secondary N) is 2. The summed E-state index contributed by atoms with van der Waals surface area (Å²) in [6, 6.07) is 3.55. The molecule has 0 amide bonds. The predicted octanol–water partition coefficient (Wildman–Crippen LogP) is 2.03. The summed E-state index contributed by atoms with van der Waals surface area (Å²) in [5.74, 6) is 0. The lowest BCUT2D eigenvalue weighted by Crippen LogP contribution is -2.16. The molecule has 1 aromatic carbocycles. The first-order valence-electron chi connectivity index (χ1n) is 6.14. The molecule has 1 aromatic heterocycles. The molecule has 0 unspecified atom stereocenters. The molecule has 0 aliphatic carbocycles. The van der Waals surface area contributed by atoms with E-state index in [1.807, 2.05) is 6.92 Å². The molecule has 6 nitrogen and oxygen atoms in total. The van der Waals surface area contributed by atoms with Crippen LogP contribution in [0.4, 0.5) is 11.4 Å². The monoisotopic (exact) mass is 294 g/mol. The average Bonchev–Trinajstić information content (AvgIpc) is 2.70. The fourth-order valence-electron chi connectivity index (χ4n) is 2.14. The van der Waals surface area contributed by atoms with Crippen LogP contribution in [0.15, 0.2) is 17.0 Å². The molecular formula is C13H18N4O2S. The van der Waals surface area contributed by atoms with Gasteiger partial charge in [0, 0.05) is 5.69 Å². The number of aromatic nitrogens is 2. The van der Waals surface area contributed by atoms with Gasteiger partial charge in [0.25, 0.3) is 10.0 Å². The molecular weight excluding hydrogens is 276 g/mol. The molecule has 0 saturated heterocycles. The highest BCUT2D eigenvalue weighted by Crippen LogP contribution is 2.28. The number of aromatic amines is 1. The van der Waals surface area contributed by atoms with Crippen molar-refractivity contribution in [3.63, 3.8) is 0 Å². The van der Waals surface area contributed by atoms with Gasteiger partial charge in [-0.2, -0.15) is 5.10 Å². The molecule has 1 heterocycles. The first-order valence-corrected chi connectivity index (χ1v) is 7.62. The summed E-state index contributed by atoms with van der Waals surface area (Å²) < 4.78 is 27.6. The Hall–Kier alpha value is -2.02. The maximum Gasteiger partial charge on any atom is 0.265 e. The van der Waals surface area contributed by atoms with Crippen LogP contribution in [0.1, 0.15) is 22.5 Å². The number of nitrogens with zero attached hydrogens (tertiary/aromatic N) is 1. The second-order valence-electron chi connectivity index (χ2n) is 4.84. The number of H-pyrrole nitrogens is 1. The Morgan fingerprint density at radius 1 is 1.20 bits per heavy atom. The second kappa shape index (κ2) is 4.82. The molecule has 0 saturated carbocycles. The van der Waals surface area contributed by atoms with E-state index in [9.17, 15) is 8.42 Å². The number of sulfonamides is 1. The molecule has 108 valence electrons. The lowest BCUT2D eigenvalue weighted by Gasteiger charge is -2.14. The molecule has 4 N–H and O–H groups in total. The standard InChI is InChI=1S/C13H18N4O2S/c1-7-5-6-11(14)8(2)12(7)17-20(18,19)13-9(3)15-16-10(13)4/h5-6,17H,14H2,1-4H3,(H,15,16). The number of nitrogen functional groups attached to an aromatic ring is 1. The summed E-state index contributed by atoms with van der Waals surface area (Å²) in [6.07, 6.45) is 0. The van der Waals surface area contributed by atoms with Gasteiger partial charge in [-0.3, -0.25) is 9.82 Å². The van der Waals surface area contributed by atoms with E-state index in [4.69, 9.17) is 5.73 Å². The van der Waals surface area contributed by atoms with Crippen molar-refractivity contribution in [2.24, 2.45) is 0 Å². The highest BCUT2D eigenvalue weighted by atomic mass is 32.2. The first kappa shape index (κ1) is 14.4. The van der Waals surface area contributed by atoms with Gasteiger partial charge in [-0.1, -0.05) is 6.07 Å². The van der Waals surface area contributed by atoms with Gasteiger partial charge in [0.15, 0.2) is 0 Å². The van der Waals surface area contributed by atoms with Gasteiger partial charge in [-0.15, -0.1) is 0 Å². The van der Waals surface area contributed by atoms with E-state index in [0.717, 1.165) is 5.56 Å². The third-order valence-corrected chi connectivity index (χ3v) is 4.89. The van der Waals surface area contributed by atoms with Gasteiger partial charge in [-0.25, -0.2) is 8.42 Å². The minimum Gasteiger partial charge on any atom is -0.398 e. The van der Waals surface area contributed by atoms with Crippen molar-refractivity contribution in [2.45, 2.75) is 32.6 Å². The topological polar surface area (TPSA) is 101 Å². The molecule has 2 rings (SSSR count). The molecule has 0 aliphatic heterocycles. The number of rotatable bonds is 3. The summed E-state index contributed by atoms with van der Waals surface area (Å²) in [5.41, 5.74) is 9.38. The lowest BCUT2D eigenvalue weighted by molar-refractivity contribution is 0.600. The van der Waals surface area contributed by atoms with Gasteiger partial charge in [0.2, 0.25) is 0 Å². The Morgan fingerprint density at radius 2 is 1.85 bits per heavy atom. The Kier molecular flexibility index (Phi) is 3.47. The van der Waals surface area contributed by atoms with Crippen molar-refractivity contribution in [3.05, 3.63) is 34.6 Å². The van der Waals surface area contributed by atoms with E-state index in [2.05, 4.69) is 14.9 Å². The fraction of sp³-hybridized carbons (Fsp3) is 0.308. The zero-order valence-electron chi connectivity index (χ0n) is 11.9. The molecule has 0 spiro atoms. The first-order chi connectivity index (χ1) is 9.24. The van der Waals surface area contributed by atoms with Gasteiger partial charge in [0.05, 0.1) is 17.1 Å². The smallest absolute Gasteiger partial charge is 0.265 e. The van der Waals surface area contributed by atoms with E-state index in [-0.39, 0.29) is 4.90 Å². The van der Waals surface area contributed by atoms with Crippen LogP contribution in [0, 0.1) is 27.7 Å². The van der Waals surface area contributed by atoms with Crippen molar-refractivity contribution >= 4 is 21.4 Å². The Balaban J connectivity index is 2.53. The van der Waals surface area contributed by atoms with Crippen LogP contribution in [0.3, 0.4) is 0 Å². The lowest BCUT2D eigenvalue weighted by atomic mass is 10.1. The molecule has 2 aromatic rings. The van der Waals surface area contributed by atoms with Crippen molar-refractivity contribution in [1.29, 1.82) is 0 Å². The van der Waals surface area contributed by atoms with Crippen LogP contribution < -0.4 is 10.5 Å². The third kappa shape index (κ3) is 2.36. The second-order valence-corrected chi connectivity index (χ2v) is 6.46. The van der Waals surface area contributed by atoms with Crippen LogP contribution in [-0.2, 0) is 10.0 Å². The van der Waals surface area contributed by atoms with Gasteiger partial charge < -0.3 is 5.73 Å². The highest BCUT2D eigenvalue weighted by Gasteiger charge is 2.23. The Morgan fingerprint density at radius 3 is 2.40 bits per heavy atom. The van der Waals surface area contributed by atoms with E-state index in [1.165, 1.54) is 0 Å². The average molecular weight is 294 g/mol. The van der Waals surface area contributed by atoms with Gasteiger partial charge in [-0.05, 0) is 44.9 Å². The van der Waals surface area contributed by atoms with Crippen molar-refractivity contribution in [3.8, 4) is 0 Å². The Bertz CT molecular complexity index is 743. The maximum absolute atomic E-state index is 12.5. The van der Waals surface area contributed by atoms with E-state index in [1.54, 1.807) is 32.9 Å². The summed E-state index contributed by atoms with van der Waals surface area (Å²) in [6.45, 7) is 6.94. The molecule has 7 heteroatoms. The molecule has 0 aliphatic rings. The SMILES string of the molecule is Cc1ccc(N)c(C)c1NS(=O)(=O)c1c(C)n[nH]c1C. The van der Waals surface area contributed by atoms with Crippen LogP contribution in [0.2, 0.25) is 0 Å².